The molecule has 0 bridgehead atoms. The van der Waals surface area contributed by atoms with E-state index in [1.807, 2.05) is 6.92 Å². The average Bonchev–Trinajstić information content (AvgIpc) is 2.93. The van der Waals surface area contributed by atoms with Crippen molar-refractivity contribution in [1.82, 2.24) is 10.2 Å². The number of aliphatic hydroxyl groups excluding tert-OH is 2. The Morgan fingerprint density at radius 1 is 1.07 bits per heavy atom. The first-order valence-corrected chi connectivity index (χ1v) is 13.5. The molecule has 1 heterocycles. The molecule has 17 nitrogen and oxygen atoms in total. The maximum absolute atomic E-state index is 12.8. The van der Waals surface area contributed by atoms with E-state index in [9.17, 15) is 29.7 Å². The monoisotopic (exact) mass is 611 g/mol. The molecule has 244 valence electrons. The molecule has 1 aliphatic rings. The zero-order chi connectivity index (χ0) is 31.5. The molecule has 1 aliphatic heterocycles. The lowest BCUT2D eigenvalue weighted by atomic mass is 9.92. The number of carboxylic acid groups (broad SMARTS) is 1. The number of aliphatic hydroxyl groups is 2. The van der Waals surface area contributed by atoms with Gasteiger partial charge in [0, 0.05) is 28.5 Å². The van der Waals surface area contributed by atoms with Crippen LogP contribution in [0.15, 0.2) is 16.8 Å². The standard InChI is InChI=1S/C25H45N5O12.H2/c1-4-6-37-8-10-39-12-13-40-11-9-38-7-5-30(3)25(36)42-21(18(33)15-31)22-20(28-16(2)32)17(29-24(26)27)14-19(41-22)23(34)35;/h14,17-18,20-22,31,33H,4-13,15H2,1-3H3,(H,28,32)(H,34,35)(H4,26,27,29);1H/t17-,18-,20+,21-,22+;/m1./s1/i;1+2. The Kier molecular flexibility index (Phi) is 18.1. The lowest BCUT2D eigenvalue weighted by Gasteiger charge is -2.40. The van der Waals surface area contributed by atoms with E-state index in [0.717, 1.165) is 17.4 Å². The van der Waals surface area contributed by atoms with Crippen molar-refractivity contribution in [3.8, 4) is 0 Å². The van der Waals surface area contributed by atoms with E-state index >= 15 is 0 Å². The van der Waals surface area contributed by atoms with Gasteiger partial charge in [0.1, 0.15) is 6.10 Å². The highest BCUT2D eigenvalue weighted by Crippen LogP contribution is 2.27. The van der Waals surface area contributed by atoms with Gasteiger partial charge in [-0.1, -0.05) is 6.92 Å². The van der Waals surface area contributed by atoms with E-state index in [2.05, 4.69) is 10.3 Å². The van der Waals surface area contributed by atoms with Crippen LogP contribution >= 0.6 is 0 Å². The summed E-state index contributed by atoms with van der Waals surface area (Å²) in [6.45, 7) is 5.67. The van der Waals surface area contributed by atoms with E-state index < -0.39 is 66.7 Å². The number of ether oxygens (including phenoxy) is 6. The van der Waals surface area contributed by atoms with E-state index in [-0.39, 0.29) is 21.2 Å². The Hall–Kier alpha value is -3.22. The Morgan fingerprint density at radius 3 is 2.10 bits per heavy atom. The third kappa shape index (κ3) is 14.1. The van der Waals surface area contributed by atoms with Gasteiger partial charge in [-0.2, -0.15) is 0 Å². The number of carbonyl (C=O) groups is 3. The van der Waals surface area contributed by atoms with Gasteiger partial charge >= 0.3 is 12.1 Å². The number of guanidine groups is 1. The van der Waals surface area contributed by atoms with Crippen molar-refractivity contribution < 1.29 is 59.6 Å². The topological polar surface area (TPSA) is 247 Å². The second-order valence-electron chi connectivity index (χ2n) is 9.16. The van der Waals surface area contributed by atoms with Crippen LogP contribution in [0, 0.1) is 0 Å². The molecule has 0 aromatic heterocycles. The quantitative estimate of drug-likeness (QED) is 0.0467. The van der Waals surface area contributed by atoms with Gasteiger partial charge in [-0.25, -0.2) is 14.6 Å². The van der Waals surface area contributed by atoms with E-state index in [0.29, 0.717) is 39.6 Å². The van der Waals surface area contributed by atoms with Gasteiger partial charge in [-0.3, -0.25) is 4.79 Å². The predicted molar refractivity (Wildman–Crippen MR) is 149 cm³/mol. The minimum Gasteiger partial charge on any atom is -0.477 e. The largest absolute Gasteiger partial charge is 0.477 e. The molecule has 0 unspecified atom stereocenters. The van der Waals surface area contributed by atoms with Crippen LogP contribution in [0.5, 0.6) is 0 Å². The fraction of sp³-hybridized carbons (Fsp3) is 0.760. The van der Waals surface area contributed by atoms with Gasteiger partial charge in [0.25, 0.3) is 0 Å². The molecule has 0 radical (unpaired) electrons. The summed E-state index contributed by atoms with van der Waals surface area (Å²) in [7, 11) is 1.41. The molecule has 0 spiro atoms. The summed E-state index contributed by atoms with van der Waals surface area (Å²) in [5, 5.41) is 32.2. The van der Waals surface area contributed by atoms with Gasteiger partial charge in [0.05, 0.1) is 64.9 Å². The van der Waals surface area contributed by atoms with Crippen LogP contribution < -0.4 is 16.8 Å². The highest BCUT2D eigenvalue weighted by molar-refractivity contribution is 5.85. The predicted octanol–water partition coefficient (Wildman–Crippen LogP) is -1.99. The summed E-state index contributed by atoms with van der Waals surface area (Å²) in [4.78, 5) is 41.5. The van der Waals surface area contributed by atoms with Crippen LogP contribution in [0.25, 0.3) is 0 Å². The van der Waals surface area contributed by atoms with E-state index in [1.54, 1.807) is 0 Å². The molecule has 8 N–H and O–H groups in total. The lowest BCUT2D eigenvalue weighted by molar-refractivity contribution is -0.146. The van der Waals surface area contributed by atoms with Crippen LogP contribution in [-0.4, -0.2) is 148 Å². The van der Waals surface area contributed by atoms with Crippen molar-refractivity contribution in [2.24, 2.45) is 16.5 Å². The Labute approximate surface area is 246 Å². The molecule has 5 atom stereocenters. The molecule has 0 aromatic rings. The summed E-state index contributed by atoms with van der Waals surface area (Å²) in [5.74, 6) is -3.09. The van der Waals surface area contributed by atoms with Crippen molar-refractivity contribution in [2.75, 3.05) is 73.1 Å². The number of aliphatic carboxylic acids is 1. The number of nitrogens with one attached hydrogen (secondary N) is 1. The van der Waals surface area contributed by atoms with Crippen LogP contribution in [0.2, 0.25) is 0 Å². The summed E-state index contributed by atoms with van der Waals surface area (Å²) in [5.41, 5.74) is 11.0. The Morgan fingerprint density at radius 2 is 1.62 bits per heavy atom. The van der Waals surface area contributed by atoms with Crippen LogP contribution in [0.4, 0.5) is 4.79 Å². The van der Waals surface area contributed by atoms with Gasteiger partial charge in [0.15, 0.2) is 18.2 Å². The molecule has 0 saturated carbocycles. The molecular weight excluding hydrogens is 562 g/mol. The first-order valence-electron chi connectivity index (χ1n) is 13.5. The van der Waals surface area contributed by atoms with Crippen molar-refractivity contribution >= 4 is 23.9 Å². The van der Waals surface area contributed by atoms with Crippen molar-refractivity contribution in [3.63, 3.8) is 0 Å². The molecular formula is C25H47N5O12. The van der Waals surface area contributed by atoms with Crippen molar-refractivity contribution in [2.45, 2.75) is 50.7 Å². The number of carboxylic acids is 1. The number of nitrogens with two attached hydrogens (primary N) is 2. The number of amides is 2. The van der Waals surface area contributed by atoms with Crippen LogP contribution in [0.3, 0.4) is 0 Å². The SMILES string of the molecule is CCCOCCOCCOCCOCCN(C)C(=O)O[C@@H]([C@H]1OC(C(=O)O)=C[C@@H](N=C(N)N)[C@@H]1NC(C)=O)[C@H](O)CO.[3HH]. The molecule has 0 aliphatic carbocycles. The van der Waals surface area contributed by atoms with Crippen LogP contribution in [0.1, 0.15) is 21.7 Å². The fourth-order valence-electron chi connectivity index (χ4n) is 3.67. The van der Waals surface area contributed by atoms with Gasteiger partial charge < -0.3 is 65.4 Å². The van der Waals surface area contributed by atoms with Crippen LogP contribution in [-0.2, 0) is 38.0 Å². The molecule has 2 amide bonds. The van der Waals surface area contributed by atoms with Gasteiger partial charge in [-0.15, -0.1) is 0 Å². The minimum atomic E-state index is -1.72. The molecule has 0 fully saturated rings. The average molecular weight is 612 g/mol. The highest BCUT2D eigenvalue weighted by Gasteiger charge is 2.46. The van der Waals surface area contributed by atoms with E-state index in [4.69, 9.17) is 39.9 Å². The number of rotatable bonds is 21. The lowest BCUT2D eigenvalue weighted by Crippen LogP contribution is -2.61. The summed E-state index contributed by atoms with van der Waals surface area (Å²) < 4.78 is 32.5. The first-order chi connectivity index (χ1) is 20.0. The molecule has 1 rings (SSSR count). The maximum Gasteiger partial charge on any atom is 0.410 e. The third-order valence-electron chi connectivity index (χ3n) is 5.66. The normalized spacial score (nSPS) is 19.5. The van der Waals surface area contributed by atoms with Gasteiger partial charge in [-0.05, 0) is 12.5 Å². The van der Waals surface area contributed by atoms with Crippen molar-refractivity contribution in [3.05, 3.63) is 11.8 Å². The highest BCUT2D eigenvalue weighted by atomic mass is 16.6. The molecule has 0 saturated heterocycles. The summed E-state index contributed by atoms with van der Waals surface area (Å²) in [6, 6.07) is -2.34. The minimum absolute atomic E-state index is 0. The Bertz CT molecular complexity index is 893. The smallest absolute Gasteiger partial charge is 0.410 e. The molecule has 17 heteroatoms. The number of hydrogen-bond donors (Lipinski definition) is 6. The third-order valence-corrected chi connectivity index (χ3v) is 5.66. The zero-order valence-corrected chi connectivity index (χ0v) is 24.3. The van der Waals surface area contributed by atoms with E-state index in [1.165, 1.54) is 14.0 Å². The summed E-state index contributed by atoms with van der Waals surface area (Å²) >= 11 is 0. The molecule has 0 aromatic carbocycles. The number of aliphatic imine (C=N–C) groups is 1. The Balaban J connectivity index is 0.0000176. The fourth-order valence-corrected chi connectivity index (χ4v) is 3.67. The number of nitrogens with zero attached hydrogens (tertiary/aromatic N) is 2. The molecule has 42 heavy (non-hydrogen) atoms. The van der Waals surface area contributed by atoms with Gasteiger partial charge in [0.2, 0.25) is 11.7 Å². The zero-order valence-electron chi connectivity index (χ0n) is 24.3. The maximum atomic E-state index is 12.8. The second-order valence-corrected chi connectivity index (χ2v) is 9.16. The number of likely N-dealkylation sites (N-methyl/N-ethyl adjacent to an activating group) is 1. The number of carbonyl (C=O) groups excluding carboxylic acids is 2. The second kappa shape index (κ2) is 20.6. The first kappa shape index (κ1) is 36.8. The number of hydrogen-bond acceptors (Lipinski definition) is 12. The van der Waals surface area contributed by atoms with Crippen molar-refractivity contribution in [1.29, 1.82) is 0 Å². The summed E-state index contributed by atoms with van der Waals surface area (Å²) in [6.07, 6.45) is -3.79.